The van der Waals surface area contributed by atoms with E-state index in [1.54, 1.807) is 0 Å². The number of hydrogen-bond donors (Lipinski definition) is 2. The maximum atomic E-state index is 12.6. The number of aryl methyl sites for hydroxylation is 1. The normalized spacial score (nSPS) is 29.6. The largest absolute Gasteiger partial charge is 0.481 e. The van der Waals surface area contributed by atoms with Crippen LogP contribution in [0.1, 0.15) is 18.9 Å². The molecule has 0 aromatic heterocycles. The maximum absolute atomic E-state index is 12.6. The van der Waals surface area contributed by atoms with E-state index in [1.165, 1.54) is 0 Å². The molecule has 1 saturated carbocycles. The second-order valence-corrected chi connectivity index (χ2v) is 5.84. The molecule has 2 aliphatic carbocycles. The number of carbonyl (C=O) groups excluding carboxylic acids is 1. The zero-order valence-electron chi connectivity index (χ0n) is 12.0. The van der Waals surface area contributed by atoms with Gasteiger partial charge in [-0.05, 0) is 36.3 Å². The van der Waals surface area contributed by atoms with Crippen LogP contribution in [0, 0.1) is 23.7 Å². The first-order chi connectivity index (χ1) is 10.1. The van der Waals surface area contributed by atoms with Crippen molar-refractivity contribution in [3.8, 4) is 0 Å². The number of para-hydroxylation sites is 1. The highest BCUT2D eigenvalue weighted by Gasteiger charge is 2.51. The molecule has 3 rings (SSSR count). The Bertz CT molecular complexity index is 608. The number of carboxylic acids is 1. The Balaban J connectivity index is 1.82. The minimum Gasteiger partial charge on any atom is -0.481 e. The van der Waals surface area contributed by atoms with Crippen molar-refractivity contribution in [2.75, 3.05) is 5.32 Å². The number of rotatable bonds is 4. The molecule has 0 heterocycles. The molecule has 1 amide bonds. The number of anilines is 1. The van der Waals surface area contributed by atoms with Crippen molar-refractivity contribution in [3.63, 3.8) is 0 Å². The van der Waals surface area contributed by atoms with E-state index in [4.69, 9.17) is 0 Å². The van der Waals surface area contributed by atoms with Gasteiger partial charge in [0.25, 0.3) is 0 Å². The Morgan fingerprint density at radius 3 is 2.52 bits per heavy atom. The van der Waals surface area contributed by atoms with Gasteiger partial charge in [-0.3, -0.25) is 9.59 Å². The van der Waals surface area contributed by atoms with Crippen molar-refractivity contribution < 1.29 is 14.7 Å². The Morgan fingerprint density at radius 1 is 1.19 bits per heavy atom. The molecular weight excluding hydrogens is 266 g/mol. The molecule has 0 spiro atoms. The first-order valence-electron chi connectivity index (χ1n) is 7.41. The first kappa shape index (κ1) is 13.9. The third-order valence-corrected chi connectivity index (χ3v) is 4.70. The predicted molar refractivity (Wildman–Crippen MR) is 79.8 cm³/mol. The van der Waals surface area contributed by atoms with Gasteiger partial charge in [0, 0.05) is 5.69 Å². The SMILES string of the molecule is CCc1ccccc1NC(=O)C1C2C=CC(C2)C1C(=O)O. The van der Waals surface area contributed by atoms with Gasteiger partial charge in [0.05, 0.1) is 11.8 Å². The van der Waals surface area contributed by atoms with Crippen LogP contribution in [0.25, 0.3) is 0 Å². The van der Waals surface area contributed by atoms with Crippen LogP contribution >= 0.6 is 0 Å². The highest BCUT2D eigenvalue weighted by molar-refractivity contribution is 5.96. The number of aliphatic carboxylic acids is 1. The summed E-state index contributed by atoms with van der Waals surface area (Å²) in [4.78, 5) is 24.0. The third-order valence-electron chi connectivity index (χ3n) is 4.70. The summed E-state index contributed by atoms with van der Waals surface area (Å²) in [6.07, 6.45) is 5.56. The number of hydrogen-bond acceptors (Lipinski definition) is 2. The van der Waals surface area contributed by atoms with Crippen LogP contribution in [0.15, 0.2) is 36.4 Å². The molecule has 2 N–H and O–H groups in total. The van der Waals surface area contributed by atoms with E-state index in [2.05, 4.69) is 5.32 Å². The second-order valence-electron chi connectivity index (χ2n) is 5.84. The Kier molecular flexibility index (Phi) is 3.53. The summed E-state index contributed by atoms with van der Waals surface area (Å²) < 4.78 is 0. The lowest BCUT2D eigenvalue weighted by atomic mass is 9.82. The van der Waals surface area contributed by atoms with Crippen LogP contribution in [0.4, 0.5) is 5.69 Å². The number of carboxylic acid groups (broad SMARTS) is 1. The van der Waals surface area contributed by atoms with Crippen molar-refractivity contribution in [1.82, 2.24) is 0 Å². The van der Waals surface area contributed by atoms with Gasteiger partial charge < -0.3 is 10.4 Å². The molecule has 4 unspecified atom stereocenters. The zero-order chi connectivity index (χ0) is 15.0. The van der Waals surface area contributed by atoms with E-state index in [0.29, 0.717) is 0 Å². The van der Waals surface area contributed by atoms with Gasteiger partial charge >= 0.3 is 5.97 Å². The molecule has 1 aromatic carbocycles. The fourth-order valence-electron chi connectivity index (χ4n) is 3.68. The standard InChI is InChI=1S/C17H19NO3/c1-2-10-5-3-4-6-13(10)18-16(19)14-11-7-8-12(9-11)15(14)17(20)21/h3-8,11-12,14-15H,2,9H2,1H3,(H,18,19)(H,20,21). The first-order valence-corrected chi connectivity index (χ1v) is 7.41. The summed E-state index contributed by atoms with van der Waals surface area (Å²) in [6, 6.07) is 7.67. The minimum absolute atomic E-state index is 0.00432. The number of amides is 1. The molecule has 110 valence electrons. The number of carbonyl (C=O) groups is 2. The number of fused-ring (bicyclic) bond motifs is 2. The average molecular weight is 285 g/mol. The molecule has 0 aliphatic heterocycles. The summed E-state index contributed by atoms with van der Waals surface area (Å²) in [5, 5.41) is 12.3. The van der Waals surface area contributed by atoms with Gasteiger partial charge in [-0.1, -0.05) is 37.3 Å². The zero-order valence-corrected chi connectivity index (χ0v) is 12.0. The molecule has 1 fully saturated rings. The van der Waals surface area contributed by atoms with Crippen LogP contribution in [-0.4, -0.2) is 17.0 Å². The lowest BCUT2D eigenvalue weighted by Crippen LogP contribution is -2.36. The Labute approximate surface area is 123 Å². The summed E-state index contributed by atoms with van der Waals surface area (Å²) >= 11 is 0. The lowest BCUT2D eigenvalue weighted by Gasteiger charge is -2.24. The fourth-order valence-corrected chi connectivity index (χ4v) is 3.68. The Hall–Kier alpha value is -2.10. The van der Waals surface area contributed by atoms with Crippen molar-refractivity contribution in [2.24, 2.45) is 23.7 Å². The fraction of sp³-hybridized carbons (Fsp3) is 0.412. The van der Waals surface area contributed by atoms with Crippen LogP contribution in [0.2, 0.25) is 0 Å². The number of allylic oxidation sites excluding steroid dienone is 2. The molecule has 4 atom stereocenters. The quantitative estimate of drug-likeness (QED) is 0.836. The average Bonchev–Trinajstić information content (AvgIpc) is 3.08. The molecular formula is C17H19NO3. The van der Waals surface area contributed by atoms with Gasteiger partial charge in [0.1, 0.15) is 0 Å². The minimum atomic E-state index is -0.865. The highest BCUT2D eigenvalue weighted by atomic mass is 16.4. The van der Waals surface area contributed by atoms with E-state index < -0.39 is 17.8 Å². The molecule has 1 aromatic rings. The van der Waals surface area contributed by atoms with Gasteiger partial charge in [0.15, 0.2) is 0 Å². The Morgan fingerprint density at radius 2 is 1.86 bits per heavy atom. The molecule has 21 heavy (non-hydrogen) atoms. The predicted octanol–water partition coefficient (Wildman–Crippen LogP) is 2.71. The van der Waals surface area contributed by atoms with Crippen LogP contribution in [0.5, 0.6) is 0 Å². The number of nitrogens with one attached hydrogen (secondary N) is 1. The van der Waals surface area contributed by atoms with Gasteiger partial charge in [-0.15, -0.1) is 0 Å². The molecule has 2 bridgehead atoms. The van der Waals surface area contributed by atoms with E-state index >= 15 is 0 Å². The monoisotopic (exact) mass is 285 g/mol. The van der Waals surface area contributed by atoms with Gasteiger partial charge in [-0.2, -0.15) is 0 Å². The van der Waals surface area contributed by atoms with E-state index in [9.17, 15) is 14.7 Å². The molecule has 2 aliphatic rings. The summed E-state index contributed by atoms with van der Waals surface area (Å²) in [6.45, 7) is 2.03. The van der Waals surface area contributed by atoms with Crippen LogP contribution < -0.4 is 5.32 Å². The van der Waals surface area contributed by atoms with E-state index in [-0.39, 0.29) is 17.7 Å². The molecule has 0 radical (unpaired) electrons. The summed E-state index contributed by atoms with van der Waals surface area (Å²) in [5.74, 6) is -2.01. The van der Waals surface area contributed by atoms with Gasteiger partial charge in [0.2, 0.25) is 5.91 Å². The topological polar surface area (TPSA) is 66.4 Å². The molecule has 4 heteroatoms. The van der Waals surface area contributed by atoms with Crippen molar-refractivity contribution in [3.05, 3.63) is 42.0 Å². The van der Waals surface area contributed by atoms with Crippen LogP contribution in [-0.2, 0) is 16.0 Å². The maximum Gasteiger partial charge on any atom is 0.307 e. The third kappa shape index (κ3) is 2.35. The number of benzene rings is 1. The molecule has 0 saturated heterocycles. The summed E-state index contributed by atoms with van der Waals surface area (Å²) in [7, 11) is 0. The van der Waals surface area contributed by atoms with E-state index in [1.807, 2.05) is 43.3 Å². The van der Waals surface area contributed by atoms with E-state index in [0.717, 1.165) is 24.1 Å². The summed E-state index contributed by atoms with van der Waals surface area (Å²) in [5.41, 5.74) is 1.86. The molecule has 4 nitrogen and oxygen atoms in total. The van der Waals surface area contributed by atoms with Crippen molar-refractivity contribution in [1.29, 1.82) is 0 Å². The lowest BCUT2D eigenvalue weighted by molar-refractivity contribution is -0.146. The van der Waals surface area contributed by atoms with Crippen molar-refractivity contribution in [2.45, 2.75) is 19.8 Å². The highest BCUT2D eigenvalue weighted by Crippen LogP contribution is 2.48. The van der Waals surface area contributed by atoms with Crippen molar-refractivity contribution >= 4 is 17.6 Å². The smallest absolute Gasteiger partial charge is 0.307 e. The van der Waals surface area contributed by atoms with Gasteiger partial charge in [-0.25, -0.2) is 0 Å². The second kappa shape index (κ2) is 5.35. The van der Waals surface area contributed by atoms with Crippen LogP contribution in [0.3, 0.4) is 0 Å².